The van der Waals surface area contributed by atoms with Gasteiger partial charge in [0.25, 0.3) is 0 Å². The summed E-state index contributed by atoms with van der Waals surface area (Å²) < 4.78 is 108. The van der Waals surface area contributed by atoms with E-state index in [-0.39, 0.29) is 11.4 Å². The van der Waals surface area contributed by atoms with Crippen molar-refractivity contribution in [3.05, 3.63) is 180 Å². The number of hydrogen-bond acceptors (Lipinski definition) is 6. The van der Waals surface area contributed by atoms with Crippen LogP contribution in [0, 0.1) is 30.2 Å². The number of benzene rings is 6. The first-order valence-electron chi connectivity index (χ1n) is 18.4. The molecule has 0 saturated heterocycles. The molecule has 0 fully saturated rings. The van der Waals surface area contributed by atoms with Crippen LogP contribution < -0.4 is 0 Å². The summed E-state index contributed by atoms with van der Waals surface area (Å²) >= 11 is 0. The van der Waals surface area contributed by atoms with Crippen LogP contribution in [-0.4, -0.2) is 29.9 Å². The van der Waals surface area contributed by atoms with Gasteiger partial charge in [0.2, 0.25) is 0 Å². The lowest BCUT2D eigenvalue weighted by Crippen LogP contribution is -2.03. The molecule has 0 unspecified atom stereocenters. The summed E-state index contributed by atoms with van der Waals surface area (Å²) in [6.45, 7) is 2.02. The van der Waals surface area contributed by atoms with E-state index < -0.39 is 35.0 Å². The molecule has 0 N–H and O–H groups in total. The van der Waals surface area contributed by atoms with Gasteiger partial charge in [0.1, 0.15) is 34.0 Å². The number of fused-ring (bicyclic) bond motifs is 2. The summed E-state index contributed by atoms with van der Waals surface area (Å²) in [6, 6.07) is 33.4. The molecule has 0 amide bonds. The third kappa shape index (κ3) is 7.52. The molecule has 15 heteroatoms. The summed E-state index contributed by atoms with van der Waals surface area (Å²) in [6.07, 6.45) is -1.38. The van der Waals surface area contributed by atoms with Gasteiger partial charge in [-0.1, -0.05) is 64.4 Å². The first kappa shape index (κ1) is 38.7. The molecule has 0 radical (unpaired) electrons. The Bertz CT molecular complexity index is 3200. The standard InChI is InChI=1S/C23H12F5N3O.C23H15F2N3O/c24-16-6-8-21(18(25)12-16)31-20(9-10-29-31)14-3-7-19-17(11-14)22(32-30-19)13-1-4-15(5-2-13)23(26,27)28;1-14-2-4-15(5-3-14)23-18-12-16(6-8-20(18)27-29-23)21-10-11-26-28(21)22-9-7-17(24)13-19(22)25/h1-12H;2-13H,1H3. The maximum absolute atomic E-state index is 14.3. The van der Waals surface area contributed by atoms with Crippen molar-refractivity contribution in [2.24, 2.45) is 0 Å². The fourth-order valence-corrected chi connectivity index (χ4v) is 6.87. The van der Waals surface area contributed by atoms with Gasteiger partial charge < -0.3 is 9.05 Å². The van der Waals surface area contributed by atoms with Crippen LogP contribution >= 0.6 is 0 Å². The molecule has 8 nitrogen and oxygen atoms in total. The number of halogens is 7. The minimum absolute atomic E-state index is 0.0692. The van der Waals surface area contributed by atoms with Gasteiger partial charge in [-0.2, -0.15) is 23.4 Å². The molecule has 0 aliphatic heterocycles. The number of aromatic nitrogens is 6. The first-order chi connectivity index (χ1) is 29.4. The molecule has 10 aromatic rings. The number of nitrogens with zero attached hydrogens (tertiary/aromatic N) is 6. The van der Waals surface area contributed by atoms with Crippen molar-refractivity contribution >= 4 is 21.8 Å². The second-order valence-electron chi connectivity index (χ2n) is 13.9. The highest BCUT2D eigenvalue weighted by atomic mass is 19.4. The molecular formula is C46H27F7N6O2. The van der Waals surface area contributed by atoms with Crippen molar-refractivity contribution < 1.29 is 39.8 Å². The zero-order chi connectivity index (χ0) is 42.4. The van der Waals surface area contributed by atoms with Crippen molar-refractivity contribution in [3.63, 3.8) is 0 Å². The molecule has 0 atom stereocenters. The Balaban J connectivity index is 0.000000157. The summed E-state index contributed by atoms with van der Waals surface area (Å²) in [5.41, 5.74) is 5.86. The number of hydrogen-bond donors (Lipinski definition) is 0. The van der Waals surface area contributed by atoms with Crippen molar-refractivity contribution in [1.29, 1.82) is 0 Å². The summed E-state index contributed by atoms with van der Waals surface area (Å²) in [5, 5.41) is 17.9. The normalized spacial score (nSPS) is 11.6. The van der Waals surface area contributed by atoms with E-state index in [4.69, 9.17) is 9.05 Å². The van der Waals surface area contributed by atoms with Gasteiger partial charge in [0.05, 0.1) is 40.1 Å². The molecule has 0 bridgehead atoms. The minimum atomic E-state index is -4.44. The fraction of sp³-hybridized carbons (Fsp3) is 0.0435. The highest BCUT2D eigenvalue weighted by Gasteiger charge is 2.30. The second-order valence-corrected chi connectivity index (χ2v) is 13.9. The van der Waals surface area contributed by atoms with Gasteiger partial charge in [-0.25, -0.2) is 26.9 Å². The van der Waals surface area contributed by atoms with Crippen molar-refractivity contribution in [3.8, 4) is 56.5 Å². The number of rotatable bonds is 6. The van der Waals surface area contributed by atoms with Crippen molar-refractivity contribution in [2.45, 2.75) is 13.1 Å². The largest absolute Gasteiger partial charge is 0.416 e. The van der Waals surface area contributed by atoms with Gasteiger partial charge in [0, 0.05) is 34.4 Å². The maximum atomic E-state index is 14.3. The van der Waals surface area contributed by atoms with E-state index in [0.717, 1.165) is 57.9 Å². The Morgan fingerprint density at radius 2 is 0.902 bits per heavy atom. The fourth-order valence-electron chi connectivity index (χ4n) is 6.87. The van der Waals surface area contributed by atoms with Crippen LogP contribution in [0.4, 0.5) is 30.7 Å². The van der Waals surface area contributed by atoms with Gasteiger partial charge in [-0.05, 0) is 79.7 Å². The summed E-state index contributed by atoms with van der Waals surface area (Å²) in [7, 11) is 0. The lowest BCUT2D eigenvalue weighted by molar-refractivity contribution is -0.137. The van der Waals surface area contributed by atoms with E-state index in [1.54, 1.807) is 36.5 Å². The molecule has 0 aliphatic rings. The third-order valence-electron chi connectivity index (χ3n) is 9.89. The molecule has 4 heterocycles. The molecule has 6 aromatic carbocycles. The average molecular weight is 829 g/mol. The minimum Gasteiger partial charge on any atom is -0.355 e. The summed E-state index contributed by atoms with van der Waals surface area (Å²) in [5.74, 6) is -1.82. The van der Waals surface area contributed by atoms with E-state index in [2.05, 4.69) is 20.5 Å². The third-order valence-corrected chi connectivity index (χ3v) is 9.89. The van der Waals surface area contributed by atoms with Crippen LogP contribution in [-0.2, 0) is 6.18 Å². The summed E-state index contributed by atoms with van der Waals surface area (Å²) in [4.78, 5) is 0. The zero-order valence-electron chi connectivity index (χ0n) is 31.5. The van der Waals surface area contributed by atoms with Crippen molar-refractivity contribution in [2.75, 3.05) is 0 Å². The van der Waals surface area contributed by atoms with Crippen LogP contribution in [0.3, 0.4) is 0 Å². The van der Waals surface area contributed by atoms with E-state index in [0.29, 0.717) is 44.9 Å². The Morgan fingerprint density at radius 1 is 0.475 bits per heavy atom. The van der Waals surface area contributed by atoms with Crippen LogP contribution in [0.1, 0.15) is 11.1 Å². The SMILES string of the molecule is Cc1ccc(-c2onc3ccc(-c4ccnn4-c4ccc(F)cc4F)cc23)cc1.Fc1ccc(-n2nccc2-c2ccc3noc(-c4ccc(C(F)(F)F)cc4)c3c2)c(F)c1. The maximum Gasteiger partial charge on any atom is 0.416 e. The van der Waals surface area contributed by atoms with E-state index in [9.17, 15) is 30.7 Å². The smallest absolute Gasteiger partial charge is 0.355 e. The molecular weight excluding hydrogens is 802 g/mol. The van der Waals surface area contributed by atoms with Crippen LogP contribution in [0.25, 0.3) is 78.3 Å². The molecule has 0 aliphatic carbocycles. The predicted octanol–water partition coefficient (Wildman–Crippen LogP) is 12.6. The van der Waals surface area contributed by atoms with Crippen molar-refractivity contribution in [1.82, 2.24) is 29.9 Å². The monoisotopic (exact) mass is 828 g/mol. The Hall–Kier alpha value is -7.81. The lowest BCUT2D eigenvalue weighted by Gasteiger charge is -2.09. The molecule has 0 spiro atoms. The Morgan fingerprint density at radius 3 is 1.33 bits per heavy atom. The predicted molar refractivity (Wildman–Crippen MR) is 214 cm³/mol. The average Bonchev–Trinajstić information content (AvgIpc) is 4.08. The first-order valence-corrected chi connectivity index (χ1v) is 18.4. The van der Waals surface area contributed by atoms with Gasteiger partial charge in [-0.3, -0.25) is 0 Å². The molecule has 61 heavy (non-hydrogen) atoms. The number of alkyl halides is 3. The van der Waals surface area contributed by atoms with E-state index in [1.807, 2.05) is 49.4 Å². The topological polar surface area (TPSA) is 87.7 Å². The Labute approximate surface area is 340 Å². The number of aryl methyl sites for hydroxylation is 1. The van der Waals surface area contributed by atoms with E-state index in [1.165, 1.54) is 45.9 Å². The second kappa shape index (κ2) is 15.4. The van der Waals surface area contributed by atoms with Crippen LogP contribution in [0.2, 0.25) is 0 Å². The molecule has 302 valence electrons. The Kier molecular flexibility index (Phi) is 9.78. The highest BCUT2D eigenvalue weighted by molar-refractivity contribution is 5.95. The van der Waals surface area contributed by atoms with E-state index >= 15 is 0 Å². The quantitative estimate of drug-likeness (QED) is 0.155. The van der Waals surface area contributed by atoms with Gasteiger partial charge in [-0.15, -0.1) is 0 Å². The van der Waals surface area contributed by atoms with Gasteiger partial charge in [0.15, 0.2) is 23.2 Å². The zero-order valence-corrected chi connectivity index (χ0v) is 31.5. The highest BCUT2D eigenvalue weighted by Crippen LogP contribution is 2.36. The van der Waals surface area contributed by atoms with Gasteiger partial charge >= 0.3 is 6.18 Å². The lowest BCUT2D eigenvalue weighted by atomic mass is 10.0. The van der Waals surface area contributed by atoms with Crippen LogP contribution in [0.15, 0.2) is 155 Å². The molecule has 0 saturated carbocycles. The van der Waals surface area contributed by atoms with Crippen LogP contribution in [0.5, 0.6) is 0 Å². The molecule has 4 aromatic heterocycles. The molecule has 10 rings (SSSR count).